The minimum Gasteiger partial charge on any atom is -0.339 e. The molecule has 1 fully saturated rings. The first-order chi connectivity index (χ1) is 12.4. The summed E-state index contributed by atoms with van der Waals surface area (Å²) in [5, 5.41) is 12.0. The van der Waals surface area contributed by atoms with Crippen LogP contribution >= 0.6 is 0 Å². The van der Waals surface area contributed by atoms with Crippen molar-refractivity contribution in [2.75, 3.05) is 20.6 Å². The summed E-state index contributed by atoms with van der Waals surface area (Å²) in [4.78, 5) is 32.0. The minimum atomic E-state index is -0.156. The van der Waals surface area contributed by atoms with Crippen LogP contribution in [0.25, 0.3) is 0 Å². The monoisotopic (exact) mass is 359 g/mol. The first-order valence-electron chi connectivity index (χ1n) is 8.68. The van der Waals surface area contributed by atoms with Gasteiger partial charge in [0.15, 0.2) is 11.6 Å². The maximum absolute atomic E-state index is 12.4. The molecule has 3 heterocycles. The highest BCUT2D eigenvalue weighted by Gasteiger charge is 2.38. The van der Waals surface area contributed by atoms with Gasteiger partial charge in [-0.25, -0.2) is 0 Å². The summed E-state index contributed by atoms with van der Waals surface area (Å²) in [6, 6.07) is 0. The van der Waals surface area contributed by atoms with Crippen LogP contribution in [0.4, 0.5) is 0 Å². The molecule has 2 aliphatic rings. The van der Waals surface area contributed by atoms with Crippen LogP contribution in [-0.2, 0) is 24.3 Å². The zero-order chi connectivity index (χ0) is 18.4. The average molecular weight is 359 g/mol. The molecule has 0 N–H and O–H groups in total. The largest absolute Gasteiger partial charge is 0.339 e. The third-order valence-corrected chi connectivity index (χ3v) is 5.06. The Bertz CT molecular complexity index is 858. The molecule has 2 amide bonds. The van der Waals surface area contributed by atoms with Gasteiger partial charge in [0.25, 0.3) is 5.91 Å². The summed E-state index contributed by atoms with van der Waals surface area (Å²) >= 11 is 0. The van der Waals surface area contributed by atoms with Crippen LogP contribution in [0.15, 0.2) is 4.52 Å². The van der Waals surface area contributed by atoms with Crippen molar-refractivity contribution in [1.82, 2.24) is 34.7 Å². The van der Waals surface area contributed by atoms with Gasteiger partial charge in [-0.1, -0.05) is 12.1 Å². The lowest BCUT2D eigenvalue weighted by Gasteiger charge is -2.24. The summed E-state index contributed by atoms with van der Waals surface area (Å²) in [6.07, 6.45) is 1.12. The Morgan fingerprint density at radius 2 is 2.12 bits per heavy atom. The fourth-order valence-electron chi connectivity index (χ4n) is 3.10. The maximum Gasteiger partial charge on any atom is 0.291 e. The smallest absolute Gasteiger partial charge is 0.291 e. The number of fused-ring (bicyclic) bond motifs is 1. The Hall–Kier alpha value is -2.78. The lowest BCUT2D eigenvalue weighted by molar-refractivity contribution is -0.130. The van der Waals surface area contributed by atoms with Crippen molar-refractivity contribution >= 4 is 11.8 Å². The highest BCUT2D eigenvalue weighted by molar-refractivity contribution is 5.91. The fraction of sp³-hybridized carbons (Fsp3) is 0.625. The molecular weight excluding hydrogens is 338 g/mol. The van der Waals surface area contributed by atoms with E-state index < -0.39 is 0 Å². The van der Waals surface area contributed by atoms with Gasteiger partial charge in [0.05, 0.1) is 6.54 Å². The zero-order valence-corrected chi connectivity index (χ0v) is 15.0. The quantitative estimate of drug-likeness (QED) is 0.743. The van der Waals surface area contributed by atoms with E-state index >= 15 is 0 Å². The van der Waals surface area contributed by atoms with E-state index in [-0.39, 0.29) is 24.8 Å². The SMILES string of the molecule is CC1CC1c1noc(CC(=O)N(C)Cc2nnc3n2CCN(C)C3=O)n1. The molecule has 0 saturated heterocycles. The molecule has 2 atom stereocenters. The van der Waals surface area contributed by atoms with Gasteiger partial charge >= 0.3 is 0 Å². The Kier molecular flexibility index (Phi) is 3.97. The van der Waals surface area contributed by atoms with E-state index in [1.54, 1.807) is 23.6 Å². The number of amides is 2. The van der Waals surface area contributed by atoms with Gasteiger partial charge in [0, 0.05) is 33.1 Å². The second-order valence-electron chi connectivity index (χ2n) is 7.11. The molecule has 0 radical (unpaired) electrons. The van der Waals surface area contributed by atoms with Crippen LogP contribution in [0, 0.1) is 5.92 Å². The van der Waals surface area contributed by atoms with Gasteiger partial charge in [-0.3, -0.25) is 9.59 Å². The number of nitrogens with zero attached hydrogens (tertiary/aromatic N) is 7. The van der Waals surface area contributed by atoms with Crippen LogP contribution in [0.1, 0.15) is 47.4 Å². The van der Waals surface area contributed by atoms with E-state index in [1.807, 2.05) is 0 Å². The minimum absolute atomic E-state index is 0.0489. The van der Waals surface area contributed by atoms with Crippen molar-refractivity contribution in [3.8, 4) is 0 Å². The highest BCUT2D eigenvalue weighted by Crippen LogP contribution is 2.45. The summed E-state index contributed by atoms with van der Waals surface area (Å²) < 4.78 is 6.96. The molecule has 2 aromatic heterocycles. The molecule has 0 spiro atoms. The highest BCUT2D eigenvalue weighted by atomic mass is 16.5. The lowest BCUT2D eigenvalue weighted by Crippen LogP contribution is -2.38. The van der Waals surface area contributed by atoms with Crippen molar-refractivity contribution in [2.24, 2.45) is 5.92 Å². The summed E-state index contributed by atoms with van der Waals surface area (Å²) in [7, 11) is 3.41. The predicted molar refractivity (Wildman–Crippen MR) is 88.0 cm³/mol. The topological polar surface area (TPSA) is 110 Å². The third-order valence-electron chi connectivity index (χ3n) is 5.06. The molecule has 138 valence electrons. The molecule has 0 bridgehead atoms. The van der Waals surface area contributed by atoms with Gasteiger partial charge in [-0.15, -0.1) is 10.2 Å². The molecule has 1 aliphatic heterocycles. The molecule has 1 saturated carbocycles. The van der Waals surface area contributed by atoms with Gasteiger partial charge in [0.1, 0.15) is 6.42 Å². The summed E-state index contributed by atoms with van der Waals surface area (Å²) in [5.41, 5.74) is 0. The number of rotatable bonds is 5. The number of carbonyl (C=O) groups is 2. The Balaban J connectivity index is 1.40. The van der Waals surface area contributed by atoms with Gasteiger partial charge in [-0.05, 0) is 12.3 Å². The Morgan fingerprint density at radius 1 is 1.35 bits per heavy atom. The van der Waals surface area contributed by atoms with E-state index in [2.05, 4.69) is 27.3 Å². The molecule has 26 heavy (non-hydrogen) atoms. The number of likely N-dealkylation sites (N-methyl/N-ethyl adjacent to an activating group) is 2. The first kappa shape index (κ1) is 16.7. The molecule has 4 rings (SSSR count). The maximum atomic E-state index is 12.4. The number of aromatic nitrogens is 5. The molecule has 0 aromatic carbocycles. The molecule has 10 nitrogen and oxygen atoms in total. The Labute approximate surface area is 150 Å². The summed E-state index contributed by atoms with van der Waals surface area (Å²) in [6.45, 7) is 3.62. The van der Waals surface area contributed by atoms with Crippen molar-refractivity contribution < 1.29 is 14.1 Å². The number of hydrogen-bond donors (Lipinski definition) is 0. The number of carbonyl (C=O) groups excluding carboxylic acids is 2. The van der Waals surface area contributed by atoms with Gasteiger partial charge < -0.3 is 18.9 Å². The summed E-state index contributed by atoms with van der Waals surface area (Å²) in [5.74, 6) is 2.56. The van der Waals surface area contributed by atoms with Crippen molar-refractivity contribution in [3.63, 3.8) is 0 Å². The lowest BCUT2D eigenvalue weighted by atomic mass is 10.3. The average Bonchev–Trinajstić information content (AvgIpc) is 3.00. The molecule has 10 heteroatoms. The second kappa shape index (κ2) is 6.19. The van der Waals surface area contributed by atoms with Crippen LogP contribution in [-0.4, -0.2) is 67.2 Å². The van der Waals surface area contributed by atoms with Crippen LogP contribution in [0.2, 0.25) is 0 Å². The van der Waals surface area contributed by atoms with E-state index in [0.29, 0.717) is 48.3 Å². The van der Waals surface area contributed by atoms with E-state index in [9.17, 15) is 9.59 Å². The van der Waals surface area contributed by atoms with Crippen molar-refractivity contribution in [1.29, 1.82) is 0 Å². The molecular formula is C16H21N7O3. The first-order valence-corrected chi connectivity index (χ1v) is 8.68. The zero-order valence-electron chi connectivity index (χ0n) is 15.0. The molecule has 2 unspecified atom stereocenters. The van der Waals surface area contributed by atoms with E-state index in [0.717, 1.165) is 6.42 Å². The van der Waals surface area contributed by atoms with Crippen LogP contribution in [0.5, 0.6) is 0 Å². The predicted octanol–water partition coefficient (Wildman–Crippen LogP) is 0.0712. The van der Waals surface area contributed by atoms with Crippen molar-refractivity contribution in [2.45, 2.75) is 38.8 Å². The van der Waals surface area contributed by atoms with E-state index in [1.165, 1.54) is 4.90 Å². The van der Waals surface area contributed by atoms with E-state index in [4.69, 9.17) is 4.52 Å². The fourth-order valence-corrected chi connectivity index (χ4v) is 3.10. The van der Waals surface area contributed by atoms with Gasteiger partial charge in [-0.2, -0.15) is 4.98 Å². The number of hydrogen-bond acceptors (Lipinski definition) is 7. The third kappa shape index (κ3) is 2.95. The van der Waals surface area contributed by atoms with Gasteiger partial charge in [0.2, 0.25) is 17.6 Å². The normalized spacial score (nSPS) is 21.7. The molecule has 2 aromatic rings. The van der Waals surface area contributed by atoms with Crippen LogP contribution in [0.3, 0.4) is 0 Å². The standard InChI is InChI=1S/C16H21N7O3/c1-9-6-10(9)14-17-12(26-20-14)7-13(24)22(3)8-11-18-19-15-16(25)21(2)4-5-23(11)15/h9-10H,4-8H2,1-3H3. The Morgan fingerprint density at radius 3 is 2.85 bits per heavy atom. The van der Waals surface area contributed by atoms with Crippen molar-refractivity contribution in [3.05, 3.63) is 23.4 Å². The second-order valence-corrected chi connectivity index (χ2v) is 7.11. The molecule has 1 aliphatic carbocycles. The van der Waals surface area contributed by atoms with Crippen LogP contribution < -0.4 is 0 Å².